The molecule has 5 heteroatoms. The lowest BCUT2D eigenvalue weighted by Crippen LogP contribution is -2.32. The van der Waals surface area contributed by atoms with E-state index in [4.69, 9.17) is 5.11 Å². The Bertz CT molecular complexity index is 461. The minimum atomic E-state index is -0.794. The summed E-state index contributed by atoms with van der Waals surface area (Å²) in [6.07, 6.45) is 5.08. The minimum Gasteiger partial charge on any atom is -0.481 e. The zero-order chi connectivity index (χ0) is 13.8. The van der Waals surface area contributed by atoms with Gasteiger partial charge in [-0.1, -0.05) is 0 Å². The third-order valence-corrected chi connectivity index (χ3v) is 3.72. The predicted molar refractivity (Wildman–Crippen MR) is 69.3 cm³/mol. The van der Waals surface area contributed by atoms with Crippen molar-refractivity contribution in [3.05, 3.63) is 30.1 Å². The molecule has 102 valence electrons. The van der Waals surface area contributed by atoms with Gasteiger partial charge < -0.3 is 10.4 Å². The number of nitrogens with zero attached hydrogens (tertiary/aromatic N) is 1. The number of carboxylic acids is 1. The first-order valence-electron chi connectivity index (χ1n) is 6.51. The minimum absolute atomic E-state index is 0.0481. The zero-order valence-corrected chi connectivity index (χ0v) is 10.9. The molecule has 1 aromatic rings. The molecule has 1 saturated carbocycles. The van der Waals surface area contributed by atoms with Crippen molar-refractivity contribution in [3.8, 4) is 0 Å². The van der Waals surface area contributed by atoms with Crippen molar-refractivity contribution >= 4 is 11.9 Å². The lowest BCUT2D eigenvalue weighted by molar-refractivity contribution is -0.141. The highest BCUT2D eigenvalue weighted by Crippen LogP contribution is 2.31. The second kappa shape index (κ2) is 5.82. The Balaban J connectivity index is 1.90. The first-order chi connectivity index (χ1) is 9.08. The molecule has 1 aliphatic rings. The Labute approximate surface area is 112 Å². The van der Waals surface area contributed by atoms with Crippen molar-refractivity contribution in [1.29, 1.82) is 0 Å². The molecule has 1 heterocycles. The highest BCUT2D eigenvalue weighted by Gasteiger charge is 2.34. The number of aliphatic carboxylic acids is 1. The van der Waals surface area contributed by atoms with E-state index in [2.05, 4.69) is 10.3 Å². The summed E-state index contributed by atoms with van der Waals surface area (Å²) >= 11 is 0. The molecule has 19 heavy (non-hydrogen) atoms. The SMILES string of the molecule is C[C@H](NC(=O)[C@@H]1CC[C@H](C(=O)O)C1)c1ccncc1. The standard InChI is InChI=1S/C14H18N2O3/c1-9(10-4-6-15-7-5-10)16-13(17)11-2-3-12(8-11)14(18)19/h4-7,9,11-12H,2-3,8H2,1H3,(H,16,17)(H,18,19)/t9-,11+,12-/m0/s1. The maximum atomic E-state index is 12.1. The second-order valence-corrected chi connectivity index (χ2v) is 5.06. The molecular weight excluding hydrogens is 244 g/mol. The van der Waals surface area contributed by atoms with Crippen LogP contribution in [0.5, 0.6) is 0 Å². The van der Waals surface area contributed by atoms with Crippen molar-refractivity contribution in [2.24, 2.45) is 11.8 Å². The van der Waals surface area contributed by atoms with Crippen molar-refractivity contribution in [2.75, 3.05) is 0 Å². The lowest BCUT2D eigenvalue weighted by atomic mass is 10.0. The van der Waals surface area contributed by atoms with Gasteiger partial charge in [0.25, 0.3) is 0 Å². The number of nitrogens with one attached hydrogen (secondary N) is 1. The molecule has 1 amide bonds. The fraction of sp³-hybridized carbons (Fsp3) is 0.500. The Hall–Kier alpha value is -1.91. The van der Waals surface area contributed by atoms with Crippen LogP contribution in [-0.4, -0.2) is 22.0 Å². The van der Waals surface area contributed by atoms with Gasteiger partial charge in [0.1, 0.15) is 0 Å². The highest BCUT2D eigenvalue weighted by molar-refractivity contribution is 5.81. The van der Waals surface area contributed by atoms with Crippen LogP contribution in [0.25, 0.3) is 0 Å². The molecule has 3 atom stereocenters. The molecule has 0 radical (unpaired) electrons. The van der Waals surface area contributed by atoms with Crippen LogP contribution in [0.15, 0.2) is 24.5 Å². The molecule has 0 unspecified atom stereocenters. The second-order valence-electron chi connectivity index (χ2n) is 5.06. The Morgan fingerprint density at radius 3 is 2.53 bits per heavy atom. The van der Waals surface area contributed by atoms with E-state index in [0.29, 0.717) is 19.3 Å². The monoisotopic (exact) mass is 262 g/mol. The summed E-state index contributed by atoms with van der Waals surface area (Å²) in [6, 6.07) is 3.64. The first-order valence-corrected chi connectivity index (χ1v) is 6.51. The van der Waals surface area contributed by atoms with Gasteiger partial charge in [0.2, 0.25) is 5.91 Å². The van der Waals surface area contributed by atoms with Crippen LogP contribution in [-0.2, 0) is 9.59 Å². The zero-order valence-electron chi connectivity index (χ0n) is 10.9. The van der Waals surface area contributed by atoms with E-state index in [1.54, 1.807) is 12.4 Å². The van der Waals surface area contributed by atoms with Gasteiger partial charge >= 0.3 is 5.97 Å². The molecule has 0 bridgehead atoms. The van der Waals surface area contributed by atoms with E-state index < -0.39 is 5.97 Å². The summed E-state index contributed by atoms with van der Waals surface area (Å²) in [7, 11) is 0. The molecule has 5 nitrogen and oxygen atoms in total. The van der Waals surface area contributed by atoms with Crippen molar-refractivity contribution in [2.45, 2.75) is 32.2 Å². The van der Waals surface area contributed by atoms with Crippen LogP contribution in [0.3, 0.4) is 0 Å². The van der Waals surface area contributed by atoms with E-state index in [0.717, 1.165) is 5.56 Å². The van der Waals surface area contributed by atoms with Crippen LogP contribution in [0, 0.1) is 11.8 Å². The van der Waals surface area contributed by atoms with Crippen molar-refractivity contribution in [3.63, 3.8) is 0 Å². The summed E-state index contributed by atoms with van der Waals surface area (Å²) in [4.78, 5) is 26.9. The van der Waals surface area contributed by atoms with E-state index in [1.165, 1.54) is 0 Å². The third-order valence-electron chi connectivity index (χ3n) is 3.72. The average Bonchev–Trinajstić information content (AvgIpc) is 2.89. The largest absolute Gasteiger partial charge is 0.481 e. The van der Waals surface area contributed by atoms with Gasteiger partial charge in [-0.05, 0) is 43.9 Å². The predicted octanol–water partition coefficient (Wildman–Crippen LogP) is 1.76. The summed E-state index contributed by atoms with van der Waals surface area (Å²) in [5, 5.41) is 11.9. The third kappa shape index (κ3) is 3.30. The normalized spacial score (nSPS) is 23.8. The van der Waals surface area contributed by atoms with Crippen LogP contribution in [0.1, 0.15) is 37.8 Å². The Morgan fingerprint density at radius 1 is 1.32 bits per heavy atom. The molecule has 2 N–H and O–H groups in total. The fourth-order valence-electron chi connectivity index (χ4n) is 2.51. The number of rotatable bonds is 4. The number of carboxylic acid groups (broad SMARTS) is 1. The Kier molecular flexibility index (Phi) is 4.14. The molecule has 0 aliphatic heterocycles. The molecule has 1 aliphatic carbocycles. The maximum absolute atomic E-state index is 12.1. The fourth-order valence-corrected chi connectivity index (χ4v) is 2.51. The number of amides is 1. The maximum Gasteiger partial charge on any atom is 0.306 e. The van der Waals surface area contributed by atoms with Crippen LogP contribution in [0.2, 0.25) is 0 Å². The molecular formula is C14H18N2O3. The van der Waals surface area contributed by atoms with Crippen LogP contribution < -0.4 is 5.32 Å². The lowest BCUT2D eigenvalue weighted by Gasteiger charge is -2.17. The van der Waals surface area contributed by atoms with Gasteiger partial charge in [0.05, 0.1) is 12.0 Å². The molecule has 0 spiro atoms. The smallest absolute Gasteiger partial charge is 0.306 e. The first kappa shape index (κ1) is 13.5. The highest BCUT2D eigenvalue weighted by atomic mass is 16.4. The summed E-state index contributed by atoms with van der Waals surface area (Å²) < 4.78 is 0. The van der Waals surface area contributed by atoms with Crippen molar-refractivity contribution < 1.29 is 14.7 Å². The molecule has 2 rings (SSSR count). The van der Waals surface area contributed by atoms with E-state index in [-0.39, 0.29) is 23.8 Å². The summed E-state index contributed by atoms with van der Waals surface area (Å²) in [5.74, 6) is -1.39. The topological polar surface area (TPSA) is 79.3 Å². The van der Waals surface area contributed by atoms with E-state index >= 15 is 0 Å². The Morgan fingerprint density at radius 2 is 1.95 bits per heavy atom. The quantitative estimate of drug-likeness (QED) is 0.866. The van der Waals surface area contributed by atoms with Gasteiger partial charge in [-0.3, -0.25) is 14.6 Å². The average molecular weight is 262 g/mol. The number of carbonyl (C=O) groups excluding carboxylic acids is 1. The number of hydrogen-bond acceptors (Lipinski definition) is 3. The van der Waals surface area contributed by atoms with Gasteiger partial charge in [0, 0.05) is 18.3 Å². The molecule has 0 aromatic carbocycles. The van der Waals surface area contributed by atoms with Gasteiger partial charge in [-0.15, -0.1) is 0 Å². The molecule has 1 fully saturated rings. The number of hydrogen-bond donors (Lipinski definition) is 2. The summed E-state index contributed by atoms with van der Waals surface area (Å²) in [6.45, 7) is 1.91. The van der Waals surface area contributed by atoms with Gasteiger partial charge in [-0.2, -0.15) is 0 Å². The number of aromatic nitrogens is 1. The van der Waals surface area contributed by atoms with Crippen LogP contribution in [0.4, 0.5) is 0 Å². The number of carbonyl (C=O) groups is 2. The molecule has 0 saturated heterocycles. The van der Waals surface area contributed by atoms with Crippen LogP contribution >= 0.6 is 0 Å². The summed E-state index contributed by atoms with van der Waals surface area (Å²) in [5.41, 5.74) is 0.996. The van der Waals surface area contributed by atoms with Gasteiger partial charge in [0.15, 0.2) is 0 Å². The van der Waals surface area contributed by atoms with E-state index in [1.807, 2.05) is 19.1 Å². The van der Waals surface area contributed by atoms with Crippen molar-refractivity contribution in [1.82, 2.24) is 10.3 Å². The number of pyridine rings is 1. The van der Waals surface area contributed by atoms with Gasteiger partial charge in [-0.25, -0.2) is 0 Å². The molecule has 1 aromatic heterocycles. The van der Waals surface area contributed by atoms with E-state index in [9.17, 15) is 9.59 Å².